The van der Waals surface area contributed by atoms with Crippen LogP contribution in [0.5, 0.6) is 5.75 Å². The molecule has 2 N–H and O–H groups in total. The van der Waals surface area contributed by atoms with E-state index in [2.05, 4.69) is 25.5 Å². The maximum atomic E-state index is 12.5. The van der Waals surface area contributed by atoms with E-state index in [0.29, 0.717) is 23.9 Å². The predicted molar refractivity (Wildman–Crippen MR) is 116 cm³/mol. The fourth-order valence-electron chi connectivity index (χ4n) is 3.17. The van der Waals surface area contributed by atoms with Crippen molar-refractivity contribution in [2.24, 2.45) is 0 Å². The first-order chi connectivity index (χ1) is 13.8. The molecule has 0 radical (unpaired) electrons. The third-order valence-corrected chi connectivity index (χ3v) is 4.96. The van der Waals surface area contributed by atoms with E-state index in [1.54, 1.807) is 38.1 Å². The number of benzene rings is 1. The van der Waals surface area contributed by atoms with Crippen molar-refractivity contribution in [3.63, 3.8) is 0 Å². The molecular formula is C21H28ClN5O2. The zero-order valence-corrected chi connectivity index (χ0v) is 17.9. The molecule has 0 bridgehead atoms. The Kier molecular flexibility index (Phi) is 6.79. The van der Waals surface area contributed by atoms with Gasteiger partial charge < -0.3 is 20.3 Å². The first-order valence-corrected chi connectivity index (χ1v) is 10.3. The summed E-state index contributed by atoms with van der Waals surface area (Å²) in [5.41, 5.74) is -0.998. The van der Waals surface area contributed by atoms with E-state index < -0.39 is 5.60 Å². The summed E-state index contributed by atoms with van der Waals surface area (Å²) in [6.45, 7) is 8.44. The van der Waals surface area contributed by atoms with Crippen molar-refractivity contribution < 1.29 is 9.53 Å². The van der Waals surface area contributed by atoms with Crippen LogP contribution in [0.4, 0.5) is 11.6 Å². The number of ether oxygens (including phenoxy) is 1. The molecule has 0 spiro atoms. The molecule has 8 heteroatoms. The first kappa shape index (κ1) is 21.2. The van der Waals surface area contributed by atoms with Gasteiger partial charge in [0.2, 0.25) is 0 Å². The molecule has 1 aliphatic rings. The third kappa shape index (κ3) is 5.97. The molecule has 1 aromatic heterocycles. The van der Waals surface area contributed by atoms with E-state index >= 15 is 0 Å². The lowest BCUT2D eigenvalue weighted by Crippen LogP contribution is -2.47. The van der Waals surface area contributed by atoms with Crippen LogP contribution in [0.3, 0.4) is 0 Å². The highest BCUT2D eigenvalue weighted by atomic mass is 35.5. The van der Waals surface area contributed by atoms with Gasteiger partial charge in [-0.1, -0.05) is 11.6 Å². The smallest absolute Gasteiger partial charge is 0.263 e. The van der Waals surface area contributed by atoms with Crippen molar-refractivity contribution in [1.82, 2.24) is 15.3 Å². The van der Waals surface area contributed by atoms with Crippen LogP contribution in [0.25, 0.3) is 0 Å². The molecule has 3 rings (SSSR count). The van der Waals surface area contributed by atoms with E-state index in [-0.39, 0.29) is 5.91 Å². The average molecular weight is 418 g/mol. The predicted octanol–water partition coefficient (Wildman–Crippen LogP) is 3.42. The van der Waals surface area contributed by atoms with Gasteiger partial charge in [-0.15, -0.1) is 0 Å². The molecule has 156 valence electrons. The Morgan fingerprint density at radius 1 is 1.17 bits per heavy atom. The Balaban J connectivity index is 1.48. The van der Waals surface area contributed by atoms with Crippen molar-refractivity contribution in [3.05, 3.63) is 41.2 Å². The Morgan fingerprint density at radius 3 is 2.55 bits per heavy atom. The van der Waals surface area contributed by atoms with Crippen LogP contribution >= 0.6 is 11.6 Å². The fraction of sp³-hybridized carbons (Fsp3) is 0.476. The number of halogens is 1. The Morgan fingerprint density at radius 2 is 1.86 bits per heavy atom. The highest BCUT2D eigenvalue weighted by molar-refractivity contribution is 6.30. The summed E-state index contributed by atoms with van der Waals surface area (Å²) < 4.78 is 5.81. The monoisotopic (exact) mass is 417 g/mol. The summed E-state index contributed by atoms with van der Waals surface area (Å²) in [5.74, 6) is 2.87. The van der Waals surface area contributed by atoms with Gasteiger partial charge in [0.1, 0.15) is 23.2 Å². The first-order valence-electron chi connectivity index (χ1n) is 9.91. The van der Waals surface area contributed by atoms with Crippen LogP contribution in [0, 0.1) is 6.92 Å². The van der Waals surface area contributed by atoms with Gasteiger partial charge >= 0.3 is 0 Å². The van der Waals surface area contributed by atoms with Crippen molar-refractivity contribution in [1.29, 1.82) is 0 Å². The van der Waals surface area contributed by atoms with Crippen LogP contribution in [0.15, 0.2) is 30.3 Å². The Hall–Kier alpha value is -2.54. The maximum Gasteiger partial charge on any atom is 0.263 e. The van der Waals surface area contributed by atoms with Gasteiger partial charge in [0.05, 0.1) is 0 Å². The zero-order chi connectivity index (χ0) is 20.9. The average Bonchev–Trinajstić information content (AvgIpc) is 3.21. The third-order valence-electron chi connectivity index (χ3n) is 4.70. The summed E-state index contributed by atoms with van der Waals surface area (Å²) in [5, 5.41) is 6.79. The highest BCUT2D eigenvalue weighted by Gasteiger charge is 2.29. The highest BCUT2D eigenvalue weighted by Crippen LogP contribution is 2.22. The molecule has 1 saturated heterocycles. The van der Waals surface area contributed by atoms with E-state index in [0.717, 1.165) is 30.5 Å². The minimum absolute atomic E-state index is 0.189. The molecule has 0 atom stereocenters. The van der Waals surface area contributed by atoms with Crippen LogP contribution in [0.2, 0.25) is 5.02 Å². The Bertz CT molecular complexity index is 835. The number of aromatic nitrogens is 2. The molecule has 7 nitrogen and oxygen atoms in total. The van der Waals surface area contributed by atoms with Crippen molar-refractivity contribution >= 4 is 29.1 Å². The van der Waals surface area contributed by atoms with Gasteiger partial charge in [-0.05, 0) is 57.9 Å². The quantitative estimate of drug-likeness (QED) is 0.640. The molecule has 1 aliphatic heterocycles. The number of nitrogens with zero attached hydrogens (tertiary/aromatic N) is 3. The van der Waals surface area contributed by atoms with Gasteiger partial charge in [-0.25, -0.2) is 9.97 Å². The summed E-state index contributed by atoms with van der Waals surface area (Å²) >= 11 is 5.88. The number of carbonyl (C=O) groups is 1. The minimum atomic E-state index is -0.998. The van der Waals surface area contributed by atoms with Crippen LogP contribution < -0.4 is 20.3 Å². The SMILES string of the molecule is Cc1nc(NCCNC(=O)C(C)(C)Oc2ccc(Cl)cc2)cc(N2CCCC2)n1. The number of nitrogens with one attached hydrogen (secondary N) is 2. The van der Waals surface area contributed by atoms with E-state index in [4.69, 9.17) is 16.3 Å². The molecule has 2 heterocycles. The van der Waals surface area contributed by atoms with Crippen LogP contribution in [-0.4, -0.2) is 47.7 Å². The van der Waals surface area contributed by atoms with Gasteiger partial charge in [-0.2, -0.15) is 0 Å². The van der Waals surface area contributed by atoms with Crippen molar-refractivity contribution in [2.45, 2.75) is 39.2 Å². The summed E-state index contributed by atoms with van der Waals surface area (Å²) in [7, 11) is 0. The van der Waals surface area contributed by atoms with Crippen molar-refractivity contribution in [2.75, 3.05) is 36.4 Å². The van der Waals surface area contributed by atoms with E-state index in [9.17, 15) is 4.79 Å². The van der Waals surface area contributed by atoms with Gasteiger partial charge in [0.15, 0.2) is 5.60 Å². The van der Waals surface area contributed by atoms with E-state index in [1.165, 1.54) is 12.8 Å². The second kappa shape index (κ2) is 9.31. The molecule has 2 aromatic rings. The summed E-state index contributed by atoms with van der Waals surface area (Å²) in [6.07, 6.45) is 2.40. The molecule has 1 fully saturated rings. The maximum absolute atomic E-state index is 12.5. The number of hydrogen-bond donors (Lipinski definition) is 2. The molecule has 0 saturated carbocycles. The second-order valence-electron chi connectivity index (χ2n) is 7.60. The second-order valence-corrected chi connectivity index (χ2v) is 8.04. The normalized spacial score (nSPS) is 14.0. The van der Waals surface area contributed by atoms with E-state index in [1.807, 2.05) is 13.0 Å². The van der Waals surface area contributed by atoms with Gasteiger partial charge in [0, 0.05) is 37.3 Å². The lowest BCUT2D eigenvalue weighted by molar-refractivity contribution is -0.134. The zero-order valence-electron chi connectivity index (χ0n) is 17.2. The Labute approximate surface area is 176 Å². The van der Waals surface area contributed by atoms with Gasteiger partial charge in [-0.3, -0.25) is 4.79 Å². The minimum Gasteiger partial charge on any atom is -0.478 e. The fourth-order valence-corrected chi connectivity index (χ4v) is 3.30. The standard InChI is InChI=1S/C21H28ClN5O2/c1-15-25-18(14-19(26-15)27-12-4-5-13-27)23-10-11-24-20(28)21(2,3)29-17-8-6-16(22)7-9-17/h6-9,14H,4-5,10-13H2,1-3H3,(H,24,28)(H,23,25,26). The van der Waals surface area contributed by atoms with Crippen molar-refractivity contribution in [3.8, 4) is 5.75 Å². The van der Waals surface area contributed by atoms with Crippen LogP contribution in [-0.2, 0) is 4.79 Å². The molecular weight excluding hydrogens is 390 g/mol. The van der Waals surface area contributed by atoms with Gasteiger partial charge in [0.25, 0.3) is 5.91 Å². The number of amides is 1. The number of aryl methyl sites for hydroxylation is 1. The molecule has 29 heavy (non-hydrogen) atoms. The number of rotatable bonds is 8. The number of anilines is 2. The molecule has 0 unspecified atom stereocenters. The summed E-state index contributed by atoms with van der Waals surface area (Å²) in [4.78, 5) is 23.8. The molecule has 0 aliphatic carbocycles. The van der Waals surface area contributed by atoms with Crippen LogP contribution in [0.1, 0.15) is 32.5 Å². The number of hydrogen-bond acceptors (Lipinski definition) is 6. The lowest BCUT2D eigenvalue weighted by Gasteiger charge is -2.25. The molecule has 1 amide bonds. The largest absolute Gasteiger partial charge is 0.478 e. The molecule has 1 aromatic carbocycles. The topological polar surface area (TPSA) is 79.4 Å². The number of carbonyl (C=O) groups excluding carboxylic acids is 1. The summed E-state index contributed by atoms with van der Waals surface area (Å²) in [6, 6.07) is 8.92. The lowest BCUT2D eigenvalue weighted by atomic mass is 10.1.